The van der Waals surface area contributed by atoms with Gasteiger partial charge in [0, 0.05) is 63.8 Å². The van der Waals surface area contributed by atoms with Crippen molar-refractivity contribution < 1.29 is 9.59 Å². The maximum atomic E-state index is 12.3. The minimum Gasteiger partial charge on any atom is -0.330 e. The molecule has 0 aliphatic carbocycles. The molecule has 0 saturated carbocycles. The van der Waals surface area contributed by atoms with E-state index in [0.29, 0.717) is 25.3 Å². The number of aryl methyl sites for hydroxylation is 1. The highest BCUT2D eigenvalue weighted by Crippen LogP contribution is 2.15. The number of benzene rings is 1. The standard InChI is InChI=1S/C16H23N5O2.C8H9Cl/c1-13(22)14-11-18-15-12-20(9-10-21(14)15)16(23)3-2-6-19-7-4-17-5-8-19;1-2-7-5-3-4-6-8(7)9/h2-3,11,17H,4-10,12H2,1H3;3-6H,2H2,1H3/b3-2+;. The molecule has 2 aliphatic heterocycles. The Labute approximate surface area is 195 Å². The smallest absolute Gasteiger partial charge is 0.246 e. The van der Waals surface area contributed by atoms with E-state index in [1.54, 1.807) is 24.1 Å². The molecule has 4 rings (SSSR count). The van der Waals surface area contributed by atoms with Crippen molar-refractivity contribution in [2.45, 2.75) is 33.4 Å². The van der Waals surface area contributed by atoms with Gasteiger partial charge in [0.2, 0.25) is 5.91 Å². The van der Waals surface area contributed by atoms with Gasteiger partial charge in [0.1, 0.15) is 11.5 Å². The number of nitrogens with zero attached hydrogens (tertiary/aromatic N) is 4. The van der Waals surface area contributed by atoms with Gasteiger partial charge in [0.15, 0.2) is 5.78 Å². The molecule has 0 spiro atoms. The lowest BCUT2D eigenvalue weighted by Gasteiger charge is -2.28. The molecule has 1 N–H and O–H groups in total. The topological polar surface area (TPSA) is 70.5 Å². The number of aromatic nitrogens is 2. The zero-order valence-corrected chi connectivity index (χ0v) is 19.6. The van der Waals surface area contributed by atoms with Crippen molar-refractivity contribution in [3.8, 4) is 0 Å². The van der Waals surface area contributed by atoms with Crippen molar-refractivity contribution in [1.29, 1.82) is 0 Å². The Bertz CT molecular complexity index is 950. The SMILES string of the molecule is CC(=O)c1cnc2n1CCN(C(=O)/C=C/CN1CCNCC1)C2.CCc1ccccc1Cl. The van der Waals surface area contributed by atoms with Gasteiger partial charge < -0.3 is 14.8 Å². The molecule has 32 heavy (non-hydrogen) atoms. The number of imidazole rings is 1. The lowest BCUT2D eigenvalue weighted by molar-refractivity contribution is -0.127. The van der Waals surface area contributed by atoms with Crippen molar-refractivity contribution in [2.24, 2.45) is 0 Å². The van der Waals surface area contributed by atoms with Crippen LogP contribution in [0.1, 0.15) is 35.7 Å². The van der Waals surface area contributed by atoms with Gasteiger partial charge in [-0.05, 0) is 18.1 Å². The molecule has 172 valence electrons. The number of ketones is 1. The molecule has 1 saturated heterocycles. The third-order valence-corrected chi connectivity index (χ3v) is 6.08. The minimum atomic E-state index is 0.0127. The predicted octanol–water partition coefficient (Wildman–Crippen LogP) is 2.79. The number of hydrogen-bond acceptors (Lipinski definition) is 5. The van der Waals surface area contributed by atoms with Crippen molar-refractivity contribution in [1.82, 2.24) is 24.7 Å². The van der Waals surface area contributed by atoms with E-state index in [2.05, 4.69) is 22.1 Å². The summed E-state index contributed by atoms with van der Waals surface area (Å²) in [6.07, 6.45) is 6.22. The van der Waals surface area contributed by atoms with Gasteiger partial charge in [-0.1, -0.05) is 42.8 Å². The summed E-state index contributed by atoms with van der Waals surface area (Å²) < 4.78 is 1.91. The molecule has 1 aromatic heterocycles. The molecule has 0 atom stereocenters. The van der Waals surface area contributed by atoms with E-state index < -0.39 is 0 Å². The first-order valence-electron chi connectivity index (χ1n) is 11.2. The van der Waals surface area contributed by atoms with Crippen LogP contribution in [0, 0.1) is 0 Å². The van der Waals surface area contributed by atoms with Crippen LogP contribution < -0.4 is 5.32 Å². The van der Waals surface area contributed by atoms with Crippen LogP contribution >= 0.6 is 11.6 Å². The second-order valence-electron chi connectivity index (χ2n) is 7.93. The first-order chi connectivity index (χ1) is 15.5. The van der Waals surface area contributed by atoms with E-state index in [1.165, 1.54) is 5.56 Å². The fourth-order valence-electron chi connectivity index (χ4n) is 3.82. The number of amides is 1. The minimum absolute atomic E-state index is 0.0127. The van der Waals surface area contributed by atoms with Crippen molar-refractivity contribution >= 4 is 23.3 Å². The van der Waals surface area contributed by atoms with Gasteiger partial charge in [-0.15, -0.1) is 0 Å². The second-order valence-corrected chi connectivity index (χ2v) is 8.33. The monoisotopic (exact) mass is 457 g/mol. The number of fused-ring (bicyclic) bond motifs is 1. The predicted molar refractivity (Wildman–Crippen MR) is 127 cm³/mol. The highest BCUT2D eigenvalue weighted by molar-refractivity contribution is 6.31. The zero-order chi connectivity index (χ0) is 22.9. The van der Waals surface area contributed by atoms with Gasteiger partial charge in [-0.3, -0.25) is 14.5 Å². The van der Waals surface area contributed by atoms with E-state index in [-0.39, 0.29) is 11.7 Å². The molecule has 1 amide bonds. The quantitative estimate of drug-likeness (QED) is 0.552. The van der Waals surface area contributed by atoms with E-state index in [9.17, 15) is 9.59 Å². The average molecular weight is 458 g/mol. The zero-order valence-electron chi connectivity index (χ0n) is 18.9. The maximum Gasteiger partial charge on any atom is 0.246 e. The average Bonchev–Trinajstić information content (AvgIpc) is 3.24. The number of halogens is 1. The van der Waals surface area contributed by atoms with Gasteiger partial charge in [0.05, 0.1) is 12.7 Å². The number of rotatable bonds is 5. The summed E-state index contributed by atoms with van der Waals surface area (Å²) in [6, 6.07) is 7.91. The van der Waals surface area contributed by atoms with Crippen LogP contribution in [-0.2, 0) is 24.3 Å². The lowest BCUT2D eigenvalue weighted by atomic mass is 10.2. The molecule has 3 heterocycles. The molecule has 0 bridgehead atoms. The van der Waals surface area contributed by atoms with E-state index >= 15 is 0 Å². The van der Waals surface area contributed by atoms with Crippen LogP contribution in [-0.4, -0.2) is 70.3 Å². The Hall–Kier alpha value is -2.48. The van der Waals surface area contributed by atoms with Gasteiger partial charge in [-0.2, -0.15) is 0 Å². The molecule has 0 unspecified atom stereocenters. The number of Topliss-reactive ketones (excluding diaryl/α,β-unsaturated/α-hetero) is 1. The van der Waals surface area contributed by atoms with Gasteiger partial charge in [-0.25, -0.2) is 4.98 Å². The molecular formula is C24H32ClN5O2. The number of piperazine rings is 1. The van der Waals surface area contributed by atoms with Crippen molar-refractivity contribution in [3.05, 3.63) is 64.7 Å². The Morgan fingerprint density at radius 2 is 1.91 bits per heavy atom. The fourth-order valence-corrected chi connectivity index (χ4v) is 4.09. The third kappa shape index (κ3) is 6.51. The highest BCUT2D eigenvalue weighted by Gasteiger charge is 2.23. The Balaban J connectivity index is 0.000000269. The second kappa shape index (κ2) is 11.9. The van der Waals surface area contributed by atoms with E-state index in [4.69, 9.17) is 11.6 Å². The van der Waals surface area contributed by atoms with Gasteiger partial charge in [0.25, 0.3) is 0 Å². The number of carbonyl (C=O) groups is 2. The summed E-state index contributed by atoms with van der Waals surface area (Å²) in [7, 11) is 0. The van der Waals surface area contributed by atoms with Crippen LogP contribution in [0.3, 0.4) is 0 Å². The first-order valence-corrected chi connectivity index (χ1v) is 11.5. The number of carbonyl (C=O) groups excluding carboxylic acids is 2. The van der Waals surface area contributed by atoms with E-state index in [0.717, 1.165) is 50.0 Å². The molecule has 1 aromatic carbocycles. The first kappa shape index (κ1) is 24.2. The third-order valence-electron chi connectivity index (χ3n) is 5.71. The van der Waals surface area contributed by atoms with Crippen molar-refractivity contribution in [2.75, 3.05) is 39.3 Å². The normalized spacial score (nSPS) is 16.4. The van der Waals surface area contributed by atoms with Crippen LogP contribution in [0.15, 0.2) is 42.6 Å². The molecular weight excluding hydrogens is 426 g/mol. The largest absolute Gasteiger partial charge is 0.330 e. The molecule has 1 fully saturated rings. The van der Waals surface area contributed by atoms with Crippen LogP contribution in [0.5, 0.6) is 0 Å². The molecule has 8 heteroatoms. The Morgan fingerprint density at radius 1 is 1.16 bits per heavy atom. The summed E-state index contributed by atoms with van der Waals surface area (Å²) in [6.45, 7) is 10.2. The van der Waals surface area contributed by atoms with Crippen molar-refractivity contribution in [3.63, 3.8) is 0 Å². The maximum absolute atomic E-state index is 12.3. The lowest BCUT2D eigenvalue weighted by Crippen LogP contribution is -2.43. The number of nitrogens with one attached hydrogen (secondary N) is 1. The van der Waals surface area contributed by atoms with E-state index in [1.807, 2.05) is 34.9 Å². The highest BCUT2D eigenvalue weighted by atomic mass is 35.5. The summed E-state index contributed by atoms with van der Waals surface area (Å²) in [5.41, 5.74) is 1.85. The Kier molecular flexibility index (Phi) is 9.02. The number of hydrogen-bond donors (Lipinski definition) is 1. The summed E-state index contributed by atoms with van der Waals surface area (Å²) in [5.74, 6) is 0.809. The van der Waals surface area contributed by atoms with Crippen LogP contribution in [0.25, 0.3) is 0 Å². The van der Waals surface area contributed by atoms with Gasteiger partial charge >= 0.3 is 0 Å². The Morgan fingerprint density at radius 3 is 2.56 bits per heavy atom. The molecule has 2 aromatic rings. The van der Waals surface area contributed by atoms with Crippen LogP contribution in [0.4, 0.5) is 0 Å². The fraction of sp³-hybridized carbons (Fsp3) is 0.458. The molecule has 0 radical (unpaired) electrons. The summed E-state index contributed by atoms with van der Waals surface area (Å²) in [5, 5.41) is 4.19. The molecule has 2 aliphatic rings. The summed E-state index contributed by atoms with van der Waals surface area (Å²) >= 11 is 5.82. The summed E-state index contributed by atoms with van der Waals surface area (Å²) in [4.78, 5) is 32.2. The van der Waals surface area contributed by atoms with Crippen LogP contribution in [0.2, 0.25) is 5.02 Å². The molecule has 7 nitrogen and oxygen atoms in total.